The summed E-state index contributed by atoms with van der Waals surface area (Å²) in [6.07, 6.45) is 0.694. The number of phenolic OH excluding ortho intramolecular Hbond substituents is 1. The zero-order valence-corrected chi connectivity index (χ0v) is 13.1. The van der Waals surface area contributed by atoms with Crippen LogP contribution in [0.4, 0.5) is 0 Å². The van der Waals surface area contributed by atoms with Gasteiger partial charge in [0.25, 0.3) is 0 Å². The number of halogens is 2. The van der Waals surface area contributed by atoms with Crippen LogP contribution in [-0.4, -0.2) is 10.2 Å². The lowest BCUT2D eigenvalue weighted by atomic mass is 9.79. The molecule has 2 unspecified atom stereocenters. The van der Waals surface area contributed by atoms with Crippen molar-refractivity contribution in [1.29, 1.82) is 0 Å². The number of fused-ring (bicyclic) bond motifs is 1. The summed E-state index contributed by atoms with van der Waals surface area (Å²) in [6.45, 7) is 2.03. The van der Waals surface area contributed by atoms with Gasteiger partial charge in [-0.2, -0.15) is 0 Å². The first kappa shape index (κ1) is 14.7. The highest BCUT2D eigenvalue weighted by atomic mass is 35.5. The van der Waals surface area contributed by atoms with Crippen molar-refractivity contribution in [1.82, 2.24) is 0 Å². The second-order valence-electron chi connectivity index (χ2n) is 5.99. The summed E-state index contributed by atoms with van der Waals surface area (Å²) >= 11 is 12.2. The molecule has 4 heteroatoms. The van der Waals surface area contributed by atoms with E-state index in [0.29, 0.717) is 12.0 Å². The lowest BCUT2D eigenvalue weighted by Crippen LogP contribution is -2.25. The Morgan fingerprint density at radius 2 is 1.86 bits per heavy atom. The van der Waals surface area contributed by atoms with Crippen LogP contribution in [0.1, 0.15) is 29.7 Å². The van der Waals surface area contributed by atoms with Crippen LogP contribution in [0.2, 0.25) is 10.0 Å². The summed E-state index contributed by atoms with van der Waals surface area (Å²) in [7, 11) is 0. The molecule has 0 saturated carbocycles. The number of phenols is 1. The number of hydrogen-bond donors (Lipinski definition) is 2. The smallest absolute Gasteiger partial charge is 0.135 e. The Morgan fingerprint density at radius 1 is 1.19 bits per heavy atom. The maximum absolute atomic E-state index is 10.7. The van der Waals surface area contributed by atoms with Gasteiger partial charge in [-0.1, -0.05) is 60.5 Å². The molecule has 0 fully saturated rings. The molecule has 110 valence electrons. The van der Waals surface area contributed by atoms with Crippen molar-refractivity contribution in [2.75, 3.05) is 0 Å². The van der Waals surface area contributed by atoms with Gasteiger partial charge >= 0.3 is 0 Å². The minimum atomic E-state index is -0.696. The normalized spacial score (nSPS) is 24.1. The maximum Gasteiger partial charge on any atom is 0.135 e. The quantitative estimate of drug-likeness (QED) is 0.852. The van der Waals surface area contributed by atoms with E-state index in [1.807, 2.05) is 37.3 Å². The van der Waals surface area contributed by atoms with Crippen LogP contribution in [0, 0.1) is 5.41 Å². The van der Waals surface area contributed by atoms with Gasteiger partial charge in [0.2, 0.25) is 0 Å². The average molecular weight is 323 g/mol. The summed E-state index contributed by atoms with van der Waals surface area (Å²) in [5.74, 6) is -0.0309. The number of aliphatic hydroxyl groups excluding tert-OH is 1. The van der Waals surface area contributed by atoms with Crippen LogP contribution in [0.15, 0.2) is 36.4 Å². The Balaban J connectivity index is 2.00. The Morgan fingerprint density at radius 3 is 2.52 bits per heavy atom. The molecule has 0 aliphatic heterocycles. The molecule has 0 spiro atoms. The molecule has 2 aromatic carbocycles. The van der Waals surface area contributed by atoms with E-state index in [9.17, 15) is 10.2 Å². The van der Waals surface area contributed by atoms with Crippen LogP contribution in [0.5, 0.6) is 5.75 Å². The molecule has 1 aliphatic rings. The number of rotatable bonds is 2. The predicted molar refractivity (Wildman–Crippen MR) is 85.0 cm³/mol. The summed E-state index contributed by atoms with van der Waals surface area (Å²) < 4.78 is 0. The van der Waals surface area contributed by atoms with Gasteiger partial charge in [-0.15, -0.1) is 0 Å². The fourth-order valence-corrected chi connectivity index (χ4v) is 3.70. The van der Waals surface area contributed by atoms with Crippen molar-refractivity contribution >= 4 is 23.2 Å². The van der Waals surface area contributed by atoms with Crippen LogP contribution in [0.3, 0.4) is 0 Å². The third-order valence-electron chi connectivity index (χ3n) is 4.29. The van der Waals surface area contributed by atoms with E-state index in [2.05, 4.69) is 0 Å². The fraction of sp³-hybridized carbons (Fsp3) is 0.294. The van der Waals surface area contributed by atoms with Gasteiger partial charge in [0.15, 0.2) is 0 Å². The van der Waals surface area contributed by atoms with Gasteiger partial charge in [-0.05, 0) is 30.0 Å². The Hall–Kier alpha value is -1.22. The predicted octanol–water partition coefficient (Wildman–Crippen LogP) is 4.54. The standard InChI is InChI=1S/C17H16Cl2O2/c1-17(8-10-5-3-2-4-6-10)9-11-7-12(20)14(18)15(19)13(11)16(17)21/h2-7,16,20-21H,8-9H2,1H3. The van der Waals surface area contributed by atoms with Crippen molar-refractivity contribution < 1.29 is 10.2 Å². The minimum Gasteiger partial charge on any atom is -0.506 e. The van der Waals surface area contributed by atoms with Crippen molar-refractivity contribution in [2.45, 2.75) is 25.9 Å². The van der Waals surface area contributed by atoms with Gasteiger partial charge in [-0.25, -0.2) is 0 Å². The summed E-state index contributed by atoms with van der Waals surface area (Å²) in [5.41, 5.74) is 2.33. The van der Waals surface area contributed by atoms with Crippen molar-refractivity contribution in [3.8, 4) is 5.75 Å². The van der Waals surface area contributed by atoms with Crippen LogP contribution in [-0.2, 0) is 12.8 Å². The molecule has 0 bridgehead atoms. The first-order valence-corrected chi connectivity index (χ1v) is 7.60. The van der Waals surface area contributed by atoms with Gasteiger partial charge in [0.1, 0.15) is 10.8 Å². The SMILES string of the molecule is CC1(Cc2ccccc2)Cc2cc(O)c(Cl)c(Cl)c2C1O. The van der Waals surface area contributed by atoms with Gasteiger partial charge in [0, 0.05) is 11.0 Å². The molecular formula is C17H16Cl2O2. The monoisotopic (exact) mass is 322 g/mol. The largest absolute Gasteiger partial charge is 0.506 e. The molecule has 2 N–H and O–H groups in total. The van der Waals surface area contributed by atoms with E-state index in [4.69, 9.17) is 23.2 Å². The molecule has 2 aromatic rings. The molecule has 0 aromatic heterocycles. The third kappa shape index (κ3) is 2.42. The van der Waals surface area contributed by atoms with Crippen molar-refractivity contribution in [2.24, 2.45) is 5.41 Å². The Bertz CT molecular complexity index is 685. The summed E-state index contributed by atoms with van der Waals surface area (Å²) in [5, 5.41) is 20.9. The molecule has 0 radical (unpaired) electrons. The molecule has 0 saturated heterocycles. The minimum absolute atomic E-state index is 0.0309. The number of aromatic hydroxyl groups is 1. The molecular weight excluding hydrogens is 307 g/mol. The fourth-order valence-electron chi connectivity index (χ4n) is 3.22. The van der Waals surface area contributed by atoms with Crippen LogP contribution >= 0.6 is 23.2 Å². The lowest BCUT2D eigenvalue weighted by molar-refractivity contribution is 0.0529. The molecule has 0 amide bonds. The van der Waals surface area contributed by atoms with E-state index in [1.165, 1.54) is 5.56 Å². The van der Waals surface area contributed by atoms with Gasteiger partial charge in [0.05, 0.1) is 11.1 Å². The Labute approximate surface area is 134 Å². The molecule has 0 heterocycles. The Kier molecular flexibility index (Phi) is 3.64. The van der Waals surface area contributed by atoms with Crippen molar-refractivity contribution in [3.63, 3.8) is 0 Å². The number of aliphatic hydroxyl groups is 1. The van der Waals surface area contributed by atoms with E-state index in [0.717, 1.165) is 12.0 Å². The number of hydrogen-bond acceptors (Lipinski definition) is 2. The third-order valence-corrected chi connectivity index (χ3v) is 5.16. The lowest BCUT2D eigenvalue weighted by Gasteiger charge is -2.28. The summed E-state index contributed by atoms with van der Waals surface area (Å²) in [6, 6.07) is 11.7. The van der Waals surface area contributed by atoms with Gasteiger partial charge in [-0.3, -0.25) is 0 Å². The van der Waals surface area contributed by atoms with E-state index >= 15 is 0 Å². The highest BCUT2D eigenvalue weighted by Crippen LogP contribution is 2.53. The van der Waals surface area contributed by atoms with Crippen LogP contribution < -0.4 is 0 Å². The van der Waals surface area contributed by atoms with Gasteiger partial charge < -0.3 is 10.2 Å². The molecule has 21 heavy (non-hydrogen) atoms. The molecule has 3 rings (SSSR count). The molecule has 2 atom stereocenters. The highest BCUT2D eigenvalue weighted by molar-refractivity contribution is 6.43. The molecule has 2 nitrogen and oxygen atoms in total. The summed E-state index contributed by atoms with van der Waals surface area (Å²) in [4.78, 5) is 0. The topological polar surface area (TPSA) is 40.5 Å². The van der Waals surface area contributed by atoms with E-state index in [1.54, 1.807) is 6.07 Å². The zero-order valence-electron chi connectivity index (χ0n) is 11.6. The first-order valence-electron chi connectivity index (χ1n) is 6.84. The maximum atomic E-state index is 10.7. The first-order chi connectivity index (χ1) is 9.92. The molecule has 1 aliphatic carbocycles. The van der Waals surface area contributed by atoms with Crippen molar-refractivity contribution in [3.05, 3.63) is 63.1 Å². The van der Waals surface area contributed by atoms with E-state index < -0.39 is 6.10 Å². The van der Waals surface area contributed by atoms with E-state index in [-0.39, 0.29) is 21.2 Å². The van der Waals surface area contributed by atoms with Crippen LogP contribution in [0.25, 0.3) is 0 Å². The highest BCUT2D eigenvalue weighted by Gasteiger charge is 2.43. The number of benzene rings is 2. The second kappa shape index (κ2) is 5.20. The zero-order chi connectivity index (χ0) is 15.2. The average Bonchev–Trinajstić information content (AvgIpc) is 2.69. The second-order valence-corrected chi connectivity index (χ2v) is 6.75.